The van der Waals surface area contributed by atoms with E-state index in [-0.39, 0.29) is 0 Å². The molecule has 2 nitrogen and oxygen atoms in total. The van der Waals surface area contributed by atoms with Gasteiger partial charge in [-0.25, -0.2) is 0 Å². The van der Waals surface area contributed by atoms with Gasteiger partial charge in [0, 0.05) is 38.2 Å². The molecule has 0 radical (unpaired) electrons. The van der Waals surface area contributed by atoms with Crippen LogP contribution in [0.3, 0.4) is 0 Å². The van der Waals surface area contributed by atoms with Crippen LogP contribution in [0.15, 0.2) is 200 Å². The first-order valence-corrected chi connectivity index (χ1v) is 18.6. The maximum Gasteiger partial charge on any atom is 0.0713 e. The monoisotopic (exact) mass is 682 g/mol. The fourth-order valence-electron chi connectivity index (χ4n) is 8.31. The van der Waals surface area contributed by atoms with E-state index < -0.39 is 5.41 Å². The van der Waals surface area contributed by atoms with Crippen molar-refractivity contribution in [2.45, 2.75) is 5.41 Å². The minimum absolute atomic E-state index is 0.429. The third kappa shape index (κ3) is 4.78. The minimum Gasteiger partial charge on any atom is -0.355 e. The number of anilines is 5. The van der Waals surface area contributed by atoms with Gasteiger partial charge in [-0.05, 0) is 88.0 Å². The van der Waals surface area contributed by atoms with Crippen LogP contribution >= 0.6 is 11.3 Å². The first-order valence-electron chi connectivity index (χ1n) is 17.8. The van der Waals surface area contributed by atoms with Crippen LogP contribution in [0, 0.1) is 0 Å². The summed E-state index contributed by atoms with van der Waals surface area (Å²) in [6.45, 7) is 0. The Bertz CT molecular complexity index is 2660. The first-order chi connectivity index (χ1) is 25.8. The number of nitrogens with one attached hydrogen (secondary N) is 1. The van der Waals surface area contributed by atoms with E-state index in [1.54, 1.807) is 0 Å². The van der Waals surface area contributed by atoms with E-state index in [4.69, 9.17) is 0 Å². The van der Waals surface area contributed by atoms with Gasteiger partial charge in [0.05, 0.1) is 15.8 Å². The van der Waals surface area contributed by atoms with Gasteiger partial charge in [-0.15, -0.1) is 11.3 Å². The van der Waals surface area contributed by atoms with Gasteiger partial charge in [0.25, 0.3) is 0 Å². The highest BCUT2D eigenvalue weighted by Crippen LogP contribution is 2.57. The number of fused-ring (bicyclic) bond motifs is 6. The molecule has 8 aromatic carbocycles. The van der Waals surface area contributed by atoms with E-state index in [2.05, 4.69) is 204 Å². The standard InChI is InChI=1S/C49H34N2S/c1-5-16-34(17-6-1)49(35-18-7-2-8-19-35)44-26-14-13-24-40(44)43-33-39(29-31-45(43)49)51(38-22-11-4-12-23-38)46-27-15-25-42-41-30-28-37(32-47(41)52-48(42)46)50-36-20-9-3-10-21-36/h1-33,50H. The van der Waals surface area contributed by atoms with Crippen molar-refractivity contribution in [1.29, 1.82) is 0 Å². The number of thiophene rings is 1. The summed E-state index contributed by atoms with van der Waals surface area (Å²) < 4.78 is 2.52. The molecule has 9 aromatic rings. The highest BCUT2D eigenvalue weighted by molar-refractivity contribution is 7.26. The zero-order valence-corrected chi connectivity index (χ0v) is 29.2. The Morgan fingerprint density at radius 3 is 1.79 bits per heavy atom. The van der Waals surface area contributed by atoms with Crippen LogP contribution in [0.1, 0.15) is 22.3 Å². The molecule has 0 spiro atoms. The Balaban J connectivity index is 1.18. The van der Waals surface area contributed by atoms with Gasteiger partial charge in [-0.3, -0.25) is 0 Å². The molecule has 1 aliphatic rings. The van der Waals surface area contributed by atoms with Gasteiger partial charge >= 0.3 is 0 Å². The normalized spacial score (nSPS) is 12.8. The molecule has 10 rings (SSSR count). The number of benzene rings is 8. The Kier molecular flexibility index (Phi) is 7.26. The first kappa shape index (κ1) is 30.4. The van der Waals surface area contributed by atoms with Crippen LogP contribution in [-0.4, -0.2) is 0 Å². The van der Waals surface area contributed by atoms with Crippen LogP contribution in [-0.2, 0) is 5.41 Å². The summed E-state index contributed by atoms with van der Waals surface area (Å²) in [7, 11) is 0. The fourth-order valence-corrected chi connectivity index (χ4v) is 9.55. The van der Waals surface area contributed by atoms with E-state index in [0.717, 1.165) is 22.7 Å². The van der Waals surface area contributed by atoms with E-state index >= 15 is 0 Å². The number of hydrogen-bond acceptors (Lipinski definition) is 3. The van der Waals surface area contributed by atoms with Crippen molar-refractivity contribution in [2.75, 3.05) is 10.2 Å². The smallest absolute Gasteiger partial charge is 0.0713 e. The lowest BCUT2D eigenvalue weighted by Gasteiger charge is -2.34. The zero-order chi connectivity index (χ0) is 34.5. The molecule has 0 unspecified atom stereocenters. The molecule has 0 saturated heterocycles. The molecule has 0 saturated carbocycles. The lowest BCUT2D eigenvalue weighted by molar-refractivity contribution is 0.768. The molecule has 0 aliphatic heterocycles. The maximum atomic E-state index is 3.59. The molecule has 3 heteroatoms. The predicted octanol–water partition coefficient (Wildman–Crippen LogP) is 13.6. The molecule has 1 N–H and O–H groups in total. The summed E-state index contributed by atoms with van der Waals surface area (Å²) in [6.07, 6.45) is 0. The summed E-state index contributed by atoms with van der Waals surface area (Å²) in [5.41, 5.74) is 12.9. The number of nitrogens with zero attached hydrogens (tertiary/aromatic N) is 1. The van der Waals surface area contributed by atoms with E-state index in [0.29, 0.717) is 0 Å². The van der Waals surface area contributed by atoms with Crippen LogP contribution < -0.4 is 10.2 Å². The number of rotatable bonds is 7. The second-order valence-electron chi connectivity index (χ2n) is 13.4. The van der Waals surface area contributed by atoms with Crippen molar-refractivity contribution in [3.05, 3.63) is 222 Å². The second-order valence-corrected chi connectivity index (χ2v) is 14.4. The molecule has 1 heterocycles. The van der Waals surface area contributed by atoms with Crippen LogP contribution in [0.2, 0.25) is 0 Å². The quantitative estimate of drug-likeness (QED) is 0.180. The summed E-state index contributed by atoms with van der Waals surface area (Å²) >= 11 is 1.86. The van der Waals surface area contributed by atoms with Crippen molar-refractivity contribution < 1.29 is 0 Å². The van der Waals surface area contributed by atoms with Crippen LogP contribution in [0.5, 0.6) is 0 Å². The summed E-state index contributed by atoms with van der Waals surface area (Å²) in [4.78, 5) is 2.44. The van der Waals surface area contributed by atoms with E-state index in [9.17, 15) is 0 Å². The SMILES string of the molecule is c1ccc(Nc2ccc3c(c2)sc2c(N(c4ccccc4)c4ccc5c(c4)-c4ccccc4C5(c4ccccc4)c4ccccc4)cccc23)cc1. The molecule has 1 aliphatic carbocycles. The summed E-state index contributed by atoms with van der Waals surface area (Å²) in [5, 5.41) is 6.13. The average molecular weight is 683 g/mol. The molecular formula is C49H34N2S. The Morgan fingerprint density at radius 1 is 0.423 bits per heavy atom. The van der Waals surface area contributed by atoms with Gasteiger partial charge in [0.15, 0.2) is 0 Å². The van der Waals surface area contributed by atoms with Gasteiger partial charge in [0.1, 0.15) is 0 Å². The highest BCUT2D eigenvalue weighted by Gasteiger charge is 2.46. The molecule has 246 valence electrons. The van der Waals surface area contributed by atoms with Crippen molar-refractivity contribution in [3.8, 4) is 11.1 Å². The van der Waals surface area contributed by atoms with Gasteiger partial charge in [0.2, 0.25) is 0 Å². The van der Waals surface area contributed by atoms with Crippen LogP contribution in [0.25, 0.3) is 31.3 Å². The van der Waals surface area contributed by atoms with Crippen molar-refractivity contribution >= 4 is 59.9 Å². The third-order valence-corrected chi connectivity index (χ3v) is 11.7. The van der Waals surface area contributed by atoms with Crippen LogP contribution in [0.4, 0.5) is 28.4 Å². The maximum absolute atomic E-state index is 3.59. The minimum atomic E-state index is -0.429. The van der Waals surface area contributed by atoms with Crippen molar-refractivity contribution in [2.24, 2.45) is 0 Å². The highest BCUT2D eigenvalue weighted by atomic mass is 32.1. The van der Waals surface area contributed by atoms with E-state index in [1.165, 1.54) is 59.2 Å². The second kappa shape index (κ2) is 12.4. The lowest BCUT2D eigenvalue weighted by Crippen LogP contribution is -2.28. The largest absolute Gasteiger partial charge is 0.355 e. The molecule has 1 aromatic heterocycles. The number of para-hydroxylation sites is 2. The molecule has 0 bridgehead atoms. The Labute approximate surface area is 307 Å². The van der Waals surface area contributed by atoms with Crippen molar-refractivity contribution in [3.63, 3.8) is 0 Å². The topological polar surface area (TPSA) is 15.3 Å². The molecule has 0 atom stereocenters. The Hall–Kier alpha value is -6.42. The zero-order valence-electron chi connectivity index (χ0n) is 28.4. The lowest BCUT2D eigenvalue weighted by atomic mass is 9.68. The van der Waals surface area contributed by atoms with Gasteiger partial charge in [-0.1, -0.05) is 146 Å². The summed E-state index contributed by atoms with van der Waals surface area (Å²) in [5.74, 6) is 0. The molecule has 52 heavy (non-hydrogen) atoms. The third-order valence-electron chi connectivity index (χ3n) is 10.5. The van der Waals surface area contributed by atoms with Gasteiger partial charge < -0.3 is 10.2 Å². The molecule has 0 fully saturated rings. The predicted molar refractivity (Wildman–Crippen MR) is 221 cm³/mol. The Morgan fingerprint density at radius 2 is 1.06 bits per heavy atom. The summed E-state index contributed by atoms with van der Waals surface area (Å²) in [6, 6.07) is 72.7. The van der Waals surface area contributed by atoms with Crippen molar-refractivity contribution in [1.82, 2.24) is 0 Å². The average Bonchev–Trinajstić information content (AvgIpc) is 3.73. The van der Waals surface area contributed by atoms with Gasteiger partial charge in [-0.2, -0.15) is 0 Å². The number of hydrogen-bond donors (Lipinski definition) is 1. The van der Waals surface area contributed by atoms with E-state index in [1.807, 2.05) is 17.4 Å². The fraction of sp³-hybridized carbons (Fsp3) is 0.0204. The molecule has 0 amide bonds. The molecular weight excluding hydrogens is 649 g/mol.